The van der Waals surface area contributed by atoms with Crippen LogP contribution in [0.2, 0.25) is 16.6 Å². The summed E-state index contributed by atoms with van der Waals surface area (Å²) in [5.74, 6) is -1.34. The standard InChI is InChI=1S/C29H49BrN3O9PSi/c1-18(2)44(19(3)4,20(5)6)42-29(37)21(7)31-28(36)24-12-11-22(30)14-25(24)41-16-23-10-9-13-33(23)26(34)15-32(8)27(35)17-43(38,39)40/h11-12,14,18-21,23,29,37H,9-10,13,15-17H2,1-8H3,(H,31,36)(H2,38,39,40)/t21?,23-,29+/m0/s1. The zero-order valence-corrected chi connectivity index (χ0v) is 30.4. The molecule has 1 unspecified atom stereocenters. The largest absolute Gasteiger partial charge is 0.491 e. The van der Waals surface area contributed by atoms with Gasteiger partial charge in [0, 0.05) is 18.1 Å². The molecule has 12 nitrogen and oxygen atoms in total. The highest BCUT2D eigenvalue weighted by Gasteiger charge is 2.47. The fraction of sp³-hybridized carbons (Fsp3) is 0.690. The number of hydrogen-bond donors (Lipinski definition) is 4. The lowest BCUT2D eigenvalue weighted by atomic mass is 10.1. The van der Waals surface area contributed by atoms with Crippen LogP contribution in [0.15, 0.2) is 22.7 Å². The molecule has 0 radical (unpaired) electrons. The van der Waals surface area contributed by atoms with Crippen molar-refractivity contribution in [1.29, 1.82) is 0 Å². The maximum absolute atomic E-state index is 13.4. The highest BCUT2D eigenvalue weighted by Crippen LogP contribution is 2.43. The molecule has 0 bridgehead atoms. The Morgan fingerprint density at radius 1 is 1.11 bits per heavy atom. The van der Waals surface area contributed by atoms with Gasteiger partial charge in [-0.2, -0.15) is 0 Å². The molecule has 4 N–H and O–H groups in total. The molecule has 1 fully saturated rings. The number of aliphatic hydroxyl groups excluding tert-OH is 1. The zero-order chi connectivity index (χ0) is 33.6. The maximum atomic E-state index is 13.4. The Morgan fingerprint density at radius 3 is 2.25 bits per heavy atom. The summed E-state index contributed by atoms with van der Waals surface area (Å²) in [6, 6.07) is 3.97. The van der Waals surface area contributed by atoms with E-state index in [0.717, 1.165) is 11.3 Å². The molecule has 0 saturated carbocycles. The Balaban J connectivity index is 2.11. The van der Waals surface area contributed by atoms with Crippen LogP contribution in [-0.2, 0) is 18.6 Å². The minimum atomic E-state index is -4.55. The SMILES string of the molecule is CC(NC(=O)c1ccc(Br)cc1OC[C@@H]1CCCN1C(=O)CN(C)C(=O)CP(=O)(O)O)[C@H](O)O[Si](C(C)C)(C(C)C)C(C)C. The van der Waals surface area contributed by atoms with Gasteiger partial charge in [-0.25, -0.2) is 0 Å². The first-order valence-electron chi connectivity index (χ1n) is 15.0. The molecule has 1 aliphatic heterocycles. The van der Waals surface area contributed by atoms with E-state index in [1.54, 1.807) is 30.0 Å². The van der Waals surface area contributed by atoms with Crippen molar-refractivity contribution in [2.45, 2.75) is 96.3 Å². The quantitative estimate of drug-likeness (QED) is 0.119. The van der Waals surface area contributed by atoms with Crippen LogP contribution in [0.5, 0.6) is 5.75 Å². The third kappa shape index (κ3) is 10.1. The van der Waals surface area contributed by atoms with Crippen molar-refractivity contribution < 1.29 is 43.0 Å². The molecule has 1 heterocycles. The second-order valence-corrected chi connectivity index (χ2v) is 20.5. The number of carbonyl (C=O) groups is 3. The van der Waals surface area contributed by atoms with Crippen LogP contribution in [0.1, 0.15) is 71.7 Å². The lowest BCUT2D eigenvalue weighted by molar-refractivity contribution is -0.139. The molecular formula is C29H49BrN3O9PSi. The second kappa shape index (κ2) is 16.2. The Kier molecular flexibility index (Phi) is 14.1. The van der Waals surface area contributed by atoms with Crippen LogP contribution in [0.25, 0.3) is 0 Å². The molecule has 2 rings (SSSR count). The van der Waals surface area contributed by atoms with E-state index in [1.807, 2.05) is 0 Å². The van der Waals surface area contributed by atoms with E-state index in [2.05, 4.69) is 62.8 Å². The van der Waals surface area contributed by atoms with Gasteiger partial charge >= 0.3 is 7.60 Å². The average Bonchev–Trinajstić information content (AvgIpc) is 3.37. The van der Waals surface area contributed by atoms with Gasteiger partial charge in [0.25, 0.3) is 5.91 Å². The minimum absolute atomic E-state index is 0.0925. The van der Waals surface area contributed by atoms with Crippen LogP contribution in [0.4, 0.5) is 0 Å². The van der Waals surface area contributed by atoms with Crippen molar-refractivity contribution in [3.05, 3.63) is 28.2 Å². The molecule has 3 amide bonds. The highest BCUT2D eigenvalue weighted by molar-refractivity contribution is 9.10. The number of rotatable bonds is 15. The third-order valence-electron chi connectivity index (χ3n) is 8.27. The van der Waals surface area contributed by atoms with Crippen molar-refractivity contribution in [2.75, 3.05) is 32.9 Å². The fourth-order valence-electron chi connectivity index (χ4n) is 6.08. The Bertz CT molecular complexity index is 1190. The average molecular weight is 723 g/mol. The number of halogens is 1. The number of amides is 3. The number of likely N-dealkylation sites (tertiary alicyclic amines) is 1. The Labute approximate surface area is 270 Å². The molecule has 0 spiro atoms. The minimum Gasteiger partial charge on any atom is -0.491 e. The van der Waals surface area contributed by atoms with Gasteiger partial charge in [0.2, 0.25) is 20.1 Å². The second-order valence-electron chi connectivity index (χ2n) is 12.5. The van der Waals surface area contributed by atoms with Gasteiger partial charge in [-0.15, -0.1) is 0 Å². The maximum Gasteiger partial charge on any atom is 0.334 e. The van der Waals surface area contributed by atoms with E-state index in [1.165, 1.54) is 7.05 Å². The van der Waals surface area contributed by atoms with E-state index in [-0.39, 0.29) is 47.3 Å². The lowest BCUT2D eigenvalue weighted by Gasteiger charge is -2.44. The van der Waals surface area contributed by atoms with Crippen LogP contribution in [0, 0.1) is 0 Å². The summed E-state index contributed by atoms with van der Waals surface area (Å²) in [4.78, 5) is 59.2. The van der Waals surface area contributed by atoms with Crippen molar-refractivity contribution in [1.82, 2.24) is 15.1 Å². The van der Waals surface area contributed by atoms with Crippen LogP contribution < -0.4 is 10.1 Å². The van der Waals surface area contributed by atoms with Crippen LogP contribution >= 0.6 is 23.5 Å². The zero-order valence-electron chi connectivity index (χ0n) is 26.9. The smallest absolute Gasteiger partial charge is 0.334 e. The molecule has 1 saturated heterocycles. The highest BCUT2D eigenvalue weighted by atomic mass is 79.9. The number of nitrogens with zero attached hydrogens (tertiary/aromatic N) is 2. The number of aliphatic hydroxyl groups is 1. The Hall–Kier alpha value is -1.80. The van der Waals surface area contributed by atoms with Gasteiger partial charge in [0.15, 0.2) is 6.29 Å². The number of nitrogens with one attached hydrogen (secondary N) is 1. The summed E-state index contributed by atoms with van der Waals surface area (Å²) < 4.78 is 24.4. The summed E-state index contributed by atoms with van der Waals surface area (Å²) in [6.07, 6.45) is -0.790. The lowest BCUT2D eigenvalue weighted by Crippen LogP contribution is -2.54. The van der Waals surface area contributed by atoms with Gasteiger partial charge in [-0.05, 0) is 54.6 Å². The van der Waals surface area contributed by atoms with Crippen LogP contribution in [-0.4, -0.2) is 102 Å². The van der Waals surface area contributed by atoms with Crippen molar-refractivity contribution in [3.63, 3.8) is 0 Å². The van der Waals surface area contributed by atoms with Gasteiger partial charge in [0.1, 0.15) is 18.5 Å². The summed E-state index contributed by atoms with van der Waals surface area (Å²) in [6.45, 7) is 14.6. The molecule has 0 aromatic heterocycles. The van der Waals surface area contributed by atoms with Gasteiger partial charge in [-0.1, -0.05) is 57.5 Å². The van der Waals surface area contributed by atoms with E-state index in [9.17, 15) is 24.1 Å². The van der Waals surface area contributed by atoms with E-state index >= 15 is 0 Å². The molecule has 250 valence electrons. The topological polar surface area (TPSA) is 166 Å². The summed E-state index contributed by atoms with van der Waals surface area (Å²) >= 11 is 3.42. The number of benzene rings is 1. The summed E-state index contributed by atoms with van der Waals surface area (Å²) in [5.41, 5.74) is 1.03. The predicted molar refractivity (Wildman–Crippen MR) is 174 cm³/mol. The number of likely N-dealkylation sites (N-methyl/N-ethyl adjacent to an activating group) is 1. The molecule has 1 aromatic carbocycles. The molecule has 1 aromatic rings. The normalized spacial score (nSPS) is 17.2. The fourth-order valence-corrected chi connectivity index (χ4v) is 12.5. The number of hydrogen-bond acceptors (Lipinski definition) is 7. The summed E-state index contributed by atoms with van der Waals surface area (Å²) in [7, 11) is -5.62. The van der Waals surface area contributed by atoms with Gasteiger partial charge < -0.3 is 39.2 Å². The van der Waals surface area contributed by atoms with Gasteiger partial charge in [0.05, 0.1) is 24.2 Å². The first-order chi connectivity index (χ1) is 20.3. The summed E-state index contributed by atoms with van der Waals surface area (Å²) in [5, 5.41) is 13.9. The van der Waals surface area contributed by atoms with E-state index in [0.29, 0.717) is 23.2 Å². The number of ether oxygens (including phenoxy) is 1. The van der Waals surface area contributed by atoms with Gasteiger partial charge in [-0.3, -0.25) is 18.9 Å². The first kappa shape index (κ1) is 38.4. The Morgan fingerprint density at radius 2 is 1.70 bits per heavy atom. The van der Waals surface area contributed by atoms with Crippen molar-refractivity contribution in [3.8, 4) is 5.75 Å². The first-order valence-corrected chi connectivity index (χ1v) is 19.7. The van der Waals surface area contributed by atoms with Crippen LogP contribution in [0.3, 0.4) is 0 Å². The van der Waals surface area contributed by atoms with Crippen molar-refractivity contribution >= 4 is 49.6 Å². The molecule has 1 aliphatic rings. The molecule has 3 atom stereocenters. The number of carbonyl (C=O) groups excluding carboxylic acids is 3. The predicted octanol–water partition coefficient (Wildman–Crippen LogP) is 4.08. The molecular weight excluding hydrogens is 673 g/mol. The van der Waals surface area contributed by atoms with Crippen molar-refractivity contribution in [2.24, 2.45) is 0 Å². The van der Waals surface area contributed by atoms with E-state index < -0.39 is 46.2 Å². The molecule has 15 heteroatoms. The molecule has 44 heavy (non-hydrogen) atoms. The third-order valence-corrected chi connectivity index (χ3v) is 15.5. The monoisotopic (exact) mass is 721 g/mol. The van der Waals surface area contributed by atoms with E-state index in [4.69, 9.17) is 18.9 Å². The molecule has 0 aliphatic carbocycles.